The van der Waals surface area contributed by atoms with E-state index in [9.17, 15) is 14.4 Å². The quantitative estimate of drug-likeness (QED) is 0.0199. The molecule has 0 radical (unpaired) electrons. The normalized spacial score (nSPS) is 13.3. The molecule has 6 heteroatoms. The van der Waals surface area contributed by atoms with E-state index in [4.69, 9.17) is 14.2 Å². The number of carbonyl (C=O) groups excluding carboxylic acids is 3. The van der Waals surface area contributed by atoms with Crippen LogP contribution in [0.5, 0.6) is 0 Å². The van der Waals surface area contributed by atoms with Gasteiger partial charge >= 0.3 is 17.9 Å². The van der Waals surface area contributed by atoms with Gasteiger partial charge in [0.25, 0.3) is 0 Å². The average molecular weight is 937 g/mol. The van der Waals surface area contributed by atoms with E-state index in [0.717, 1.165) is 116 Å². The highest BCUT2D eigenvalue weighted by molar-refractivity contribution is 5.71. The van der Waals surface area contributed by atoms with Gasteiger partial charge in [-0.05, 0) is 103 Å². The van der Waals surface area contributed by atoms with Crippen LogP contribution in [0.25, 0.3) is 0 Å². The van der Waals surface area contributed by atoms with Gasteiger partial charge in [0.05, 0.1) is 0 Å². The predicted octanol–water partition coefficient (Wildman–Crippen LogP) is 18.0. The Hall–Kier alpha value is -4.71. The number of rotatable bonds is 46. The molecule has 68 heavy (non-hydrogen) atoms. The van der Waals surface area contributed by atoms with E-state index in [1.807, 2.05) is 42.5 Å². The number of hydrogen-bond acceptors (Lipinski definition) is 6. The average Bonchev–Trinajstić information content (AvgIpc) is 3.34. The van der Waals surface area contributed by atoms with Gasteiger partial charge in [-0.3, -0.25) is 14.4 Å². The van der Waals surface area contributed by atoms with E-state index >= 15 is 0 Å². The van der Waals surface area contributed by atoms with Crippen molar-refractivity contribution in [3.63, 3.8) is 0 Å². The topological polar surface area (TPSA) is 78.9 Å². The van der Waals surface area contributed by atoms with Gasteiger partial charge in [-0.1, -0.05) is 231 Å². The van der Waals surface area contributed by atoms with E-state index in [2.05, 4.69) is 124 Å². The SMILES string of the molecule is CC/C=C/C/C=C/C/C=C/C/C=C/C/C=C/CCCCCC(=O)OCC(COC(=O)CC/C=C/C/C=C/CCCCCCCC)OC(=O)CCCCCCC/C=C/C=C/C=C/C=C/C=C/CCC. The molecule has 0 aliphatic heterocycles. The Balaban J connectivity index is 4.59. The van der Waals surface area contributed by atoms with Crippen molar-refractivity contribution in [2.75, 3.05) is 13.2 Å². The number of unbranched alkanes of at least 4 members (excludes halogenated alkanes) is 15. The third kappa shape index (κ3) is 52.3. The van der Waals surface area contributed by atoms with E-state index in [-0.39, 0.29) is 44.0 Å². The van der Waals surface area contributed by atoms with E-state index in [1.54, 1.807) is 0 Å². The Morgan fingerprint density at radius 3 is 1.19 bits per heavy atom. The van der Waals surface area contributed by atoms with Crippen molar-refractivity contribution in [2.45, 2.75) is 213 Å². The Morgan fingerprint density at radius 1 is 0.324 bits per heavy atom. The zero-order chi connectivity index (χ0) is 49.3. The number of carbonyl (C=O) groups is 3. The first-order chi connectivity index (χ1) is 33.5. The van der Waals surface area contributed by atoms with Crippen molar-refractivity contribution in [2.24, 2.45) is 0 Å². The smallest absolute Gasteiger partial charge is 0.306 e. The Bertz CT molecular complexity index is 1540. The molecule has 0 rings (SSSR count). The molecule has 0 aromatic rings. The van der Waals surface area contributed by atoms with E-state index < -0.39 is 6.10 Å². The predicted molar refractivity (Wildman–Crippen MR) is 292 cm³/mol. The van der Waals surface area contributed by atoms with Crippen molar-refractivity contribution in [1.29, 1.82) is 0 Å². The monoisotopic (exact) mass is 937 g/mol. The summed E-state index contributed by atoms with van der Waals surface area (Å²) in [6.45, 7) is 6.30. The highest BCUT2D eigenvalue weighted by Crippen LogP contribution is 2.12. The molecule has 0 aliphatic rings. The molecule has 6 nitrogen and oxygen atoms in total. The lowest BCUT2D eigenvalue weighted by atomic mass is 10.1. The molecule has 0 bridgehead atoms. The lowest BCUT2D eigenvalue weighted by Crippen LogP contribution is -2.30. The molecule has 0 spiro atoms. The first-order valence-electron chi connectivity index (χ1n) is 26.9. The molecule has 0 aromatic carbocycles. The summed E-state index contributed by atoms with van der Waals surface area (Å²) in [4.78, 5) is 38.0. The Kier molecular flexibility index (Phi) is 51.1. The minimum atomic E-state index is -0.835. The molecule has 1 unspecified atom stereocenters. The van der Waals surface area contributed by atoms with Gasteiger partial charge in [0.15, 0.2) is 6.10 Å². The molecule has 0 aromatic heterocycles. The second kappa shape index (κ2) is 54.9. The van der Waals surface area contributed by atoms with Crippen LogP contribution in [0.2, 0.25) is 0 Å². The van der Waals surface area contributed by atoms with Gasteiger partial charge in [-0.2, -0.15) is 0 Å². The first-order valence-corrected chi connectivity index (χ1v) is 26.9. The van der Waals surface area contributed by atoms with E-state index in [0.29, 0.717) is 12.8 Å². The standard InChI is InChI=1S/C62H96O6/c1-4-7-10-13-16-19-22-25-27-29-31-33-34-37-40-43-46-49-52-55-61(64)67-58-59(57-66-60(63)54-51-48-45-42-39-36-24-21-18-15-12-9-6-3)68-62(65)56-53-50-47-44-41-38-35-32-30-28-26-23-20-17-14-11-8-5-2/h7,10-11,14,16-17,19-20,23,25-28,30-33,35-37,39-40,45,48,59H,4-6,8-9,12-13,15,18,21-22,24,29,34,38,41-44,46-47,49-58H2,1-3H3/b10-7+,14-11+,19-16+,20-17+,26-23+,27-25+,30-28+,33-31+,35-32+,39-36+,40-37+,48-45+. The van der Waals surface area contributed by atoms with Gasteiger partial charge in [-0.25, -0.2) is 0 Å². The lowest BCUT2D eigenvalue weighted by molar-refractivity contribution is -0.166. The summed E-state index contributed by atoms with van der Waals surface area (Å²) in [6, 6.07) is 0. The summed E-state index contributed by atoms with van der Waals surface area (Å²) in [5, 5.41) is 0. The largest absolute Gasteiger partial charge is 0.462 e. The Labute approximate surface area is 417 Å². The van der Waals surface area contributed by atoms with Crippen LogP contribution in [-0.2, 0) is 28.6 Å². The first kappa shape index (κ1) is 63.3. The zero-order valence-corrected chi connectivity index (χ0v) is 43.3. The summed E-state index contributed by atoms with van der Waals surface area (Å²) in [5.74, 6) is -1.06. The lowest BCUT2D eigenvalue weighted by Gasteiger charge is -2.18. The van der Waals surface area contributed by atoms with Crippen molar-refractivity contribution >= 4 is 17.9 Å². The highest BCUT2D eigenvalue weighted by Gasteiger charge is 2.19. The van der Waals surface area contributed by atoms with Crippen molar-refractivity contribution in [3.05, 3.63) is 146 Å². The Morgan fingerprint density at radius 2 is 0.691 bits per heavy atom. The van der Waals surface area contributed by atoms with Crippen molar-refractivity contribution in [3.8, 4) is 0 Å². The summed E-state index contributed by atoms with van der Waals surface area (Å²) >= 11 is 0. The number of allylic oxidation sites excluding steroid dienone is 24. The fraction of sp³-hybridized carbons (Fsp3) is 0.565. The third-order valence-electron chi connectivity index (χ3n) is 10.7. The van der Waals surface area contributed by atoms with Crippen LogP contribution in [0.1, 0.15) is 207 Å². The maximum Gasteiger partial charge on any atom is 0.306 e. The van der Waals surface area contributed by atoms with Crippen LogP contribution in [0.4, 0.5) is 0 Å². The second-order valence-corrected chi connectivity index (χ2v) is 17.2. The second-order valence-electron chi connectivity index (χ2n) is 17.2. The fourth-order valence-corrected chi connectivity index (χ4v) is 6.67. The molecular formula is C62H96O6. The molecule has 380 valence electrons. The number of hydrogen-bond donors (Lipinski definition) is 0. The van der Waals surface area contributed by atoms with Crippen LogP contribution in [0, 0.1) is 0 Å². The van der Waals surface area contributed by atoms with Crippen LogP contribution in [-0.4, -0.2) is 37.2 Å². The van der Waals surface area contributed by atoms with Gasteiger partial charge in [0.2, 0.25) is 0 Å². The summed E-state index contributed by atoms with van der Waals surface area (Å²) in [6.07, 6.45) is 78.4. The summed E-state index contributed by atoms with van der Waals surface area (Å²) in [5.41, 5.74) is 0. The van der Waals surface area contributed by atoms with Gasteiger partial charge < -0.3 is 14.2 Å². The molecule has 0 fully saturated rings. The van der Waals surface area contributed by atoms with Crippen molar-refractivity contribution in [1.82, 2.24) is 0 Å². The number of esters is 3. The van der Waals surface area contributed by atoms with Crippen LogP contribution in [0.3, 0.4) is 0 Å². The summed E-state index contributed by atoms with van der Waals surface area (Å²) < 4.78 is 16.7. The van der Waals surface area contributed by atoms with Gasteiger partial charge in [0.1, 0.15) is 13.2 Å². The maximum atomic E-state index is 12.8. The highest BCUT2D eigenvalue weighted by atomic mass is 16.6. The third-order valence-corrected chi connectivity index (χ3v) is 10.7. The van der Waals surface area contributed by atoms with E-state index in [1.165, 1.54) is 44.9 Å². The molecule has 0 heterocycles. The number of ether oxygens (including phenoxy) is 3. The minimum absolute atomic E-state index is 0.129. The molecule has 0 saturated heterocycles. The van der Waals surface area contributed by atoms with Crippen molar-refractivity contribution < 1.29 is 28.6 Å². The zero-order valence-electron chi connectivity index (χ0n) is 43.3. The molecular weight excluding hydrogens is 841 g/mol. The van der Waals surface area contributed by atoms with Gasteiger partial charge in [0, 0.05) is 19.3 Å². The fourth-order valence-electron chi connectivity index (χ4n) is 6.67. The van der Waals surface area contributed by atoms with Crippen LogP contribution in [0.15, 0.2) is 146 Å². The maximum absolute atomic E-state index is 12.8. The minimum Gasteiger partial charge on any atom is -0.462 e. The molecule has 0 saturated carbocycles. The molecule has 0 amide bonds. The summed E-state index contributed by atoms with van der Waals surface area (Å²) in [7, 11) is 0. The molecule has 0 N–H and O–H groups in total. The van der Waals surface area contributed by atoms with Crippen LogP contribution < -0.4 is 0 Å². The van der Waals surface area contributed by atoms with Gasteiger partial charge in [-0.15, -0.1) is 0 Å². The van der Waals surface area contributed by atoms with Crippen LogP contribution >= 0.6 is 0 Å². The molecule has 0 aliphatic carbocycles. The molecule has 1 atom stereocenters.